The number of nitrogens with one attached hydrogen (secondary N) is 2. The molecule has 136 valence electrons. The van der Waals surface area contributed by atoms with E-state index in [0.29, 0.717) is 0 Å². The molecule has 0 saturated heterocycles. The molecule has 26 heavy (non-hydrogen) atoms. The first-order valence-electron chi connectivity index (χ1n) is 8.05. The summed E-state index contributed by atoms with van der Waals surface area (Å²) < 4.78 is 4.77. The number of anilines is 1. The normalized spacial score (nSPS) is 10.9. The van der Waals surface area contributed by atoms with Crippen molar-refractivity contribution < 1.29 is 4.79 Å². The topological polar surface area (TPSA) is 84.7 Å². The SMILES string of the molecule is CNSc1c(C)nn(CC(=O)Nc2sc(-c3cccnc3)nc2C)c1C. The third-order valence-corrected chi connectivity index (χ3v) is 5.89. The van der Waals surface area contributed by atoms with Crippen molar-refractivity contribution in [2.75, 3.05) is 12.4 Å². The molecular weight excluding hydrogens is 368 g/mol. The van der Waals surface area contributed by atoms with Crippen LogP contribution in [0.2, 0.25) is 0 Å². The average molecular weight is 389 g/mol. The van der Waals surface area contributed by atoms with E-state index < -0.39 is 0 Å². The average Bonchev–Trinajstić information content (AvgIpc) is 3.11. The van der Waals surface area contributed by atoms with Gasteiger partial charge in [0.25, 0.3) is 0 Å². The fourth-order valence-electron chi connectivity index (χ4n) is 2.51. The highest BCUT2D eigenvalue weighted by atomic mass is 32.2. The molecule has 3 aromatic rings. The minimum absolute atomic E-state index is 0.124. The lowest BCUT2D eigenvalue weighted by atomic mass is 10.3. The summed E-state index contributed by atoms with van der Waals surface area (Å²) in [7, 11) is 1.86. The highest BCUT2D eigenvalue weighted by molar-refractivity contribution is 7.97. The molecule has 0 saturated carbocycles. The van der Waals surface area contributed by atoms with E-state index in [1.807, 2.05) is 40.0 Å². The van der Waals surface area contributed by atoms with Crippen molar-refractivity contribution in [3.05, 3.63) is 41.6 Å². The number of amides is 1. The highest BCUT2D eigenvalue weighted by Gasteiger charge is 2.16. The molecule has 0 atom stereocenters. The van der Waals surface area contributed by atoms with E-state index in [2.05, 4.69) is 25.1 Å². The van der Waals surface area contributed by atoms with E-state index >= 15 is 0 Å². The van der Waals surface area contributed by atoms with Crippen LogP contribution in [0.25, 0.3) is 10.6 Å². The summed E-state index contributed by atoms with van der Waals surface area (Å²) in [4.78, 5) is 22.2. The van der Waals surface area contributed by atoms with Crippen LogP contribution in [0, 0.1) is 20.8 Å². The van der Waals surface area contributed by atoms with Gasteiger partial charge in [-0.2, -0.15) is 5.10 Å². The van der Waals surface area contributed by atoms with Gasteiger partial charge in [0.1, 0.15) is 16.6 Å². The Morgan fingerprint density at radius 1 is 1.31 bits per heavy atom. The molecule has 0 radical (unpaired) electrons. The lowest BCUT2D eigenvalue weighted by Gasteiger charge is -2.06. The summed E-state index contributed by atoms with van der Waals surface area (Å²) >= 11 is 2.95. The molecule has 0 aliphatic rings. The van der Waals surface area contributed by atoms with Crippen LogP contribution in [0.15, 0.2) is 29.4 Å². The minimum Gasteiger partial charge on any atom is -0.315 e. The van der Waals surface area contributed by atoms with Gasteiger partial charge in [0.15, 0.2) is 0 Å². The summed E-state index contributed by atoms with van der Waals surface area (Å²) in [5.74, 6) is -0.124. The van der Waals surface area contributed by atoms with Crippen LogP contribution < -0.4 is 10.0 Å². The molecule has 0 bridgehead atoms. The number of hydrogen-bond acceptors (Lipinski definition) is 7. The number of carbonyl (C=O) groups is 1. The predicted octanol–water partition coefficient (Wildman–Crippen LogP) is 3.19. The zero-order valence-electron chi connectivity index (χ0n) is 15.0. The van der Waals surface area contributed by atoms with Gasteiger partial charge in [-0.15, -0.1) is 0 Å². The highest BCUT2D eigenvalue weighted by Crippen LogP contribution is 2.31. The minimum atomic E-state index is -0.124. The Balaban J connectivity index is 1.73. The first-order chi connectivity index (χ1) is 12.5. The van der Waals surface area contributed by atoms with Crippen LogP contribution in [-0.2, 0) is 11.3 Å². The van der Waals surface area contributed by atoms with Crippen molar-refractivity contribution in [2.45, 2.75) is 32.2 Å². The van der Waals surface area contributed by atoms with Crippen molar-refractivity contribution in [3.63, 3.8) is 0 Å². The predicted molar refractivity (Wildman–Crippen MR) is 105 cm³/mol. The number of hydrogen-bond donors (Lipinski definition) is 2. The van der Waals surface area contributed by atoms with Gasteiger partial charge in [-0.25, -0.2) is 4.98 Å². The van der Waals surface area contributed by atoms with Crippen molar-refractivity contribution in [1.82, 2.24) is 24.5 Å². The van der Waals surface area contributed by atoms with Crippen molar-refractivity contribution in [3.8, 4) is 10.6 Å². The lowest BCUT2D eigenvalue weighted by Crippen LogP contribution is -2.20. The largest absolute Gasteiger partial charge is 0.315 e. The summed E-state index contributed by atoms with van der Waals surface area (Å²) in [5.41, 5.74) is 3.60. The van der Waals surface area contributed by atoms with Gasteiger partial charge < -0.3 is 5.32 Å². The molecule has 3 heterocycles. The Bertz CT molecular complexity index is 919. The third kappa shape index (κ3) is 3.95. The van der Waals surface area contributed by atoms with E-state index in [4.69, 9.17) is 0 Å². The van der Waals surface area contributed by atoms with Gasteiger partial charge in [-0.1, -0.05) is 11.3 Å². The van der Waals surface area contributed by atoms with Crippen molar-refractivity contribution in [2.24, 2.45) is 0 Å². The second-order valence-electron chi connectivity index (χ2n) is 5.69. The number of rotatable bonds is 6. The Kier molecular flexibility index (Phi) is 5.70. The quantitative estimate of drug-likeness (QED) is 0.631. The first-order valence-corrected chi connectivity index (χ1v) is 9.68. The lowest BCUT2D eigenvalue weighted by molar-refractivity contribution is -0.116. The molecular formula is C17H20N6OS2. The molecule has 0 fully saturated rings. The van der Waals surface area contributed by atoms with Gasteiger partial charge in [0.05, 0.1) is 22.0 Å². The fraction of sp³-hybridized carbons (Fsp3) is 0.294. The molecule has 0 aromatic carbocycles. The maximum atomic E-state index is 12.5. The summed E-state index contributed by atoms with van der Waals surface area (Å²) in [5, 5.41) is 9.00. The molecule has 1 amide bonds. The second kappa shape index (κ2) is 7.98. The van der Waals surface area contributed by atoms with E-state index in [1.54, 1.807) is 17.1 Å². The van der Waals surface area contributed by atoms with Gasteiger partial charge in [0, 0.05) is 18.0 Å². The summed E-state index contributed by atoms with van der Waals surface area (Å²) in [6, 6.07) is 3.82. The van der Waals surface area contributed by atoms with E-state index in [9.17, 15) is 4.79 Å². The van der Waals surface area contributed by atoms with Gasteiger partial charge in [-0.3, -0.25) is 19.2 Å². The fourth-order valence-corrected chi connectivity index (χ4v) is 4.13. The maximum Gasteiger partial charge on any atom is 0.246 e. The summed E-state index contributed by atoms with van der Waals surface area (Å²) in [6.07, 6.45) is 3.49. The number of carbonyl (C=O) groups excluding carboxylic acids is 1. The number of nitrogens with zero attached hydrogens (tertiary/aromatic N) is 4. The zero-order valence-corrected chi connectivity index (χ0v) is 16.7. The Labute approximate surface area is 160 Å². The molecule has 3 rings (SSSR count). The smallest absolute Gasteiger partial charge is 0.246 e. The van der Waals surface area contributed by atoms with Crippen molar-refractivity contribution in [1.29, 1.82) is 0 Å². The van der Waals surface area contributed by atoms with Crippen LogP contribution in [-0.4, -0.2) is 32.7 Å². The van der Waals surface area contributed by atoms with Crippen LogP contribution in [0.5, 0.6) is 0 Å². The maximum absolute atomic E-state index is 12.5. The molecule has 0 aliphatic carbocycles. The second-order valence-corrected chi connectivity index (χ2v) is 7.71. The molecule has 7 nitrogen and oxygen atoms in total. The number of pyridine rings is 1. The van der Waals surface area contributed by atoms with Crippen LogP contribution in [0.3, 0.4) is 0 Å². The number of aromatic nitrogens is 4. The van der Waals surface area contributed by atoms with Crippen LogP contribution >= 0.6 is 23.3 Å². The van der Waals surface area contributed by atoms with E-state index in [-0.39, 0.29) is 12.5 Å². The molecule has 3 aromatic heterocycles. The molecule has 0 spiro atoms. The van der Waals surface area contributed by atoms with Gasteiger partial charge >= 0.3 is 0 Å². The first kappa shape index (κ1) is 18.6. The Hall–Kier alpha value is -2.23. The molecule has 0 unspecified atom stereocenters. The molecule has 9 heteroatoms. The number of thiazole rings is 1. The standard InChI is InChI=1S/C17H20N6OS2/c1-10-15(26-18-4)12(3)23(22-10)9-14(24)21-16-11(2)20-17(25-16)13-6-5-7-19-8-13/h5-8,18H,9H2,1-4H3,(H,21,24). The number of aryl methyl sites for hydroxylation is 2. The monoisotopic (exact) mass is 388 g/mol. The van der Waals surface area contributed by atoms with Crippen LogP contribution in [0.1, 0.15) is 17.1 Å². The van der Waals surface area contributed by atoms with Gasteiger partial charge in [-0.05, 0) is 51.9 Å². The Morgan fingerprint density at radius 3 is 2.81 bits per heavy atom. The summed E-state index contributed by atoms with van der Waals surface area (Å²) in [6.45, 7) is 5.95. The van der Waals surface area contributed by atoms with E-state index in [0.717, 1.165) is 37.5 Å². The van der Waals surface area contributed by atoms with Gasteiger partial charge in [0.2, 0.25) is 5.91 Å². The zero-order chi connectivity index (χ0) is 18.7. The van der Waals surface area contributed by atoms with Crippen molar-refractivity contribution >= 4 is 34.2 Å². The Morgan fingerprint density at radius 2 is 2.12 bits per heavy atom. The molecule has 0 aliphatic heterocycles. The molecule has 2 N–H and O–H groups in total. The van der Waals surface area contributed by atoms with E-state index in [1.165, 1.54) is 23.3 Å². The third-order valence-electron chi connectivity index (χ3n) is 3.77. The van der Waals surface area contributed by atoms with Crippen LogP contribution in [0.4, 0.5) is 5.00 Å².